The predicted octanol–water partition coefficient (Wildman–Crippen LogP) is 3.22. The van der Waals surface area contributed by atoms with Crippen LogP contribution in [0.25, 0.3) is 11.1 Å². The number of aromatic nitrogens is 2. The van der Waals surface area contributed by atoms with Gasteiger partial charge in [-0.25, -0.2) is 21.5 Å². The first-order valence-corrected chi connectivity index (χ1v) is 11.2. The fourth-order valence-electron chi connectivity index (χ4n) is 3.70. The first-order valence-electron chi connectivity index (χ1n) is 9.75. The molecule has 1 N–H and O–H groups in total. The van der Waals surface area contributed by atoms with E-state index in [0.29, 0.717) is 22.3 Å². The lowest BCUT2D eigenvalue weighted by Gasteiger charge is -2.26. The minimum Gasteiger partial charge on any atom is -0.482 e. The monoisotopic (exact) mass is 461 g/mol. The van der Waals surface area contributed by atoms with Crippen LogP contribution in [0.5, 0.6) is 5.75 Å². The number of nitrogens with zero attached hydrogens (tertiary/aromatic N) is 2. The van der Waals surface area contributed by atoms with E-state index in [4.69, 9.17) is 4.74 Å². The number of ether oxygens (including phenoxy) is 1. The summed E-state index contributed by atoms with van der Waals surface area (Å²) in [5.74, 6) is -1.77. The van der Waals surface area contributed by atoms with Gasteiger partial charge in [0.25, 0.3) is 5.56 Å². The second-order valence-electron chi connectivity index (χ2n) is 7.63. The molecule has 168 valence electrons. The van der Waals surface area contributed by atoms with Crippen LogP contribution in [0.15, 0.2) is 58.5 Å². The minimum absolute atomic E-state index is 0.0642. The Morgan fingerprint density at radius 2 is 1.97 bits per heavy atom. The van der Waals surface area contributed by atoms with Gasteiger partial charge in [0.15, 0.2) is 11.6 Å². The molecule has 4 rings (SSSR count). The van der Waals surface area contributed by atoms with Gasteiger partial charge in [-0.15, -0.1) is 0 Å². The zero-order valence-electron chi connectivity index (χ0n) is 17.6. The van der Waals surface area contributed by atoms with Gasteiger partial charge in [-0.2, -0.15) is 0 Å². The summed E-state index contributed by atoms with van der Waals surface area (Å²) in [6.07, 6.45) is 5.44. The molecule has 32 heavy (non-hydrogen) atoms. The Labute approximate surface area is 183 Å². The van der Waals surface area contributed by atoms with E-state index in [1.54, 1.807) is 23.6 Å². The predicted molar refractivity (Wildman–Crippen MR) is 117 cm³/mol. The zero-order chi connectivity index (χ0) is 23.2. The van der Waals surface area contributed by atoms with Crippen LogP contribution in [-0.2, 0) is 10.0 Å². The second kappa shape index (κ2) is 8.03. The van der Waals surface area contributed by atoms with E-state index in [2.05, 4.69) is 4.98 Å². The Bertz CT molecular complexity index is 1440. The fraction of sp³-hybridized carbons (Fsp3) is 0.227. The van der Waals surface area contributed by atoms with Crippen LogP contribution < -0.4 is 10.3 Å². The van der Waals surface area contributed by atoms with Crippen LogP contribution in [0.2, 0.25) is 0 Å². The highest BCUT2D eigenvalue weighted by molar-refractivity contribution is 7.93. The van der Waals surface area contributed by atoms with Crippen molar-refractivity contribution in [2.24, 2.45) is 0 Å². The van der Waals surface area contributed by atoms with Crippen LogP contribution in [0.3, 0.4) is 0 Å². The largest absolute Gasteiger partial charge is 0.482 e. The molecule has 0 saturated heterocycles. The van der Waals surface area contributed by atoms with E-state index in [-0.39, 0.29) is 22.6 Å². The van der Waals surface area contributed by atoms with E-state index in [1.165, 1.54) is 38.5 Å². The number of benzene rings is 1. The summed E-state index contributed by atoms with van der Waals surface area (Å²) in [4.78, 5) is 15.0. The molecule has 0 bridgehead atoms. The normalized spacial score (nSPS) is 16.9. The van der Waals surface area contributed by atoms with Gasteiger partial charge in [0, 0.05) is 44.5 Å². The summed E-state index contributed by atoms with van der Waals surface area (Å²) in [7, 11) is -0.890. The molecule has 2 heterocycles. The molecule has 0 fully saturated rings. The molecule has 1 aliphatic rings. The van der Waals surface area contributed by atoms with Gasteiger partial charge in [0.05, 0.1) is 10.6 Å². The maximum Gasteiger partial charge on any atom is 0.272 e. The number of hydrogen-bond donors (Lipinski definition) is 1. The van der Waals surface area contributed by atoms with Gasteiger partial charge in [0.2, 0.25) is 10.0 Å². The van der Waals surface area contributed by atoms with Gasteiger partial charge in [0.1, 0.15) is 17.4 Å². The number of fused-ring (bicyclic) bond motifs is 1. The second-order valence-corrected chi connectivity index (χ2v) is 9.78. The number of hydrogen-bond acceptors (Lipinski definition) is 4. The highest BCUT2D eigenvalue weighted by atomic mass is 32.2. The van der Waals surface area contributed by atoms with Crippen LogP contribution in [-0.4, -0.2) is 42.3 Å². The number of nitrogens with one attached hydrogen (secondary N) is 1. The van der Waals surface area contributed by atoms with Crippen molar-refractivity contribution in [3.8, 4) is 5.75 Å². The average molecular weight is 461 g/mol. The Morgan fingerprint density at radius 3 is 2.66 bits per heavy atom. The van der Waals surface area contributed by atoms with Crippen molar-refractivity contribution < 1.29 is 21.9 Å². The lowest BCUT2D eigenvalue weighted by atomic mass is 9.98. The summed E-state index contributed by atoms with van der Waals surface area (Å²) >= 11 is 0. The molecular weight excluding hydrogens is 440 g/mol. The fourth-order valence-corrected chi connectivity index (χ4v) is 4.70. The Hall–Kier alpha value is -3.24. The van der Waals surface area contributed by atoms with Gasteiger partial charge in [-0.1, -0.05) is 6.08 Å². The summed E-state index contributed by atoms with van der Waals surface area (Å²) in [6.45, 7) is 1.76. The summed E-state index contributed by atoms with van der Waals surface area (Å²) in [5, 5.41) is 0. The highest BCUT2D eigenvalue weighted by Gasteiger charge is 2.30. The lowest BCUT2D eigenvalue weighted by Crippen LogP contribution is -2.27. The number of aryl methyl sites for hydroxylation is 1. The summed E-state index contributed by atoms with van der Waals surface area (Å²) < 4.78 is 61.7. The molecule has 10 heteroatoms. The maximum atomic E-state index is 14.3. The molecular formula is C22H21F2N3O4S. The number of rotatable bonds is 5. The number of allylic oxidation sites excluding steroid dienone is 1. The van der Waals surface area contributed by atoms with E-state index < -0.39 is 27.8 Å². The zero-order valence-corrected chi connectivity index (χ0v) is 18.4. The van der Waals surface area contributed by atoms with Gasteiger partial charge >= 0.3 is 0 Å². The van der Waals surface area contributed by atoms with E-state index in [0.717, 1.165) is 16.4 Å². The van der Waals surface area contributed by atoms with Gasteiger partial charge < -0.3 is 14.1 Å². The molecule has 2 aromatic heterocycles. The Balaban J connectivity index is 1.88. The molecule has 0 radical (unpaired) electrons. The number of sulfonamides is 1. The Kier molecular flexibility index (Phi) is 5.51. The highest BCUT2D eigenvalue weighted by Crippen LogP contribution is 2.34. The van der Waals surface area contributed by atoms with Crippen molar-refractivity contribution >= 4 is 21.1 Å². The third kappa shape index (κ3) is 3.76. The number of H-pyrrole nitrogens is 1. The smallest absolute Gasteiger partial charge is 0.272 e. The van der Waals surface area contributed by atoms with Crippen LogP contribution in [0.1, 0.15) is 17.7 Å². The van der Waals surface area contributed by atoms with Crippen molar-refractivity contribution in [1.29, 1.82) is 0 Å². The minimum atomic E-state index is -3.74. The van der Waals surface area contributed by atoms with Gasteiger partial charge in [-0.05, 0) is 36.8 Å². The van der Waals surface area contributed by atoms with Gasteiger partial charge in [-0.3, -0.25) is 4.79 Å². The lowest BCUT2D eigenvalue weighted by molar-refractivity contribution is 0.247. The van der Waals surface area contributed by atoms with E-state index in [1.807, 2.05) is 0 Å². The van der Waals surface area contributed by atoms with Crippen LogP contribution in [0, 0.1) is 18.6 Å². The van der Waals surface area contributed by atoms with Crippen LogP contribution >= 0.6 is 0 Å². The molecule has 1 unspecified atom stereocenters. The molecule has 0 aliphatic heterocycles. The Morgan fingerprint density at radius 1 is 1.22 bits per heavy atom. The third-order valence-corrected chi connectivity index (χ3v) is 7.14. The van der Waals surface area contributed by atoms with E-state index >= 15 is 0 Å². The standard InChI is InChI=1S/C22H21F2N3O4S/c1-13-10-18(27-9-8-25-22(28)21(13)27)16-12-15(32(29,30)26(2)3)5-7-19(16)31-20-6-4-14(23)11-17(20)24/h4-6,8-12,19H,7H2,1-3H3,(H,25,28). The van der Waals surface area contributed by atoms with Crippen LogP contribution in [0.4, 0.5) is 8.78 Å². The molecule has 1 atom stereocenters. The SMILES string of the molecule is Cc1cc(C2=CC(S(=O)(=O)N(C)C)=CCC2Oc2ccc(F)cc2F)n2cc[nH]c(=O)c12. The molecule has 7 nitrogen and oxygen atoms in total. The first-order chi connectivity index (χ1) is 15.1. The summed E-state index contributed by atoms with van der Waals surface area (Å²) in [5.41, 5.74) is 1.77. The third-order valence-electron chi connectivity index (χ3n) is 5.30. The molecule has 0 spiro atoms. The van der Waals surface area contributed by atoms with Crippen molar-refractivity contribution in [2.75, 3.05) is 14.1 Å². The van der Waals surface area contributed by atoms with Crippen molar-refractivity contribution in [1.82, 2.24) is 13.7 Å². The average Bonchev–Trinajstić information content (AvgIpc) is 3.07. The molecule has 0 saturated carbocycles. The quantitative estimate of drug-likeness (QED) is 0.633. The number of aromatic amines is 1. The summed E-state index contributed by atoms with van der Waals surface area (Å²) in [6, 6.07) is 4.73. The molecule has 0 amide bonds. The maximum absolute atomic E-state index is 14.3. The first kappa shape index (κ1) is 22.0. The molecule has 1 aromatic carbocycles. The van der Waals surface area contributed by atoms with Crippen molar-refractivity contribution in [3.05, 3.63) is 87.0 Å². The molecule has 1 aliphatic carbocycles. The van der Waals surface area contributed by atoms with E-state index in [9.17, 15) is 22.0 Å². The number of halogens is 2. The topological polar surface area (TPSA) is 83.9 Å². The molecule has 3 aromatic rings. The van der Waals surface area contributed by atoms with Crippen molar-refractivity contribution in [2.45, 2.75) is 19.4 Å². The van der Waals surface area contributed by atoms with Crippen molar-refractivity contribution in [3.63, 3.8) is 0 Å².